The SMILES string of the molecule is CC1CCC(N2CC(C(=O)NC3CCNCC3C)CC2=O)CC1.Cl. The predicted molar refractivity (Wildman–Crippen MR) is 97.1 cm³/mol. The van der Waals surface area contributed by atoms with Gasteiger partial charge in [0, 0.05) is 25.0 Å². The second-order valence-electron chi connectivity index (χ2n) is 7.95. The molecular weight excluding hydrogens is 326 g/mol. The Morgan fingerprint density at radius 3 is 2.54 bits per heavy atom. The number of halogens is 1. The van der Waals surface area contributed by atoms with E-state index in [0.717, 1.165) is 38.3 Å². The summed E-state index contributed by atoms with van der Waals surface area (Å²) in [6.45, 7) is 7.01. The monoisotopic (exact) mass is 357 g/mol. The Morgan fingerprint density at radius 2 is 1.88 bits per heavy atom. The number of likely N-dealkylation sites (tertiary alicyclic amines) is 1. The number of nitrogens with one attached hydrogen (secondary N) is 2. The molecule has 0 aromatic carbocycles. The van der Waals surface area contributed by atoms with Gasteiger partial charge in [-0.05, 0) is 57.0 Å². The molecule has 0 spiro atoms. The van der Waals surface area contributed by atoms with Crippen LogP contribution in [0.5, 0.6) is 0 Å². The molecule has 138 valence electrons. The first kappa shape index (κ1) is 19.5. The van der Waals surface area contributed by atoms with Gasteiger partial charge in [0.1, 0.15) is 0 Å². The van der Waals surface area contributed by atoms with Crippen molar-refractivity contribution < 1.29 is 9.59 Å². The normalized spacial score (nSPS) is 37.0. The lowest BCUT2D eigenvalue weighted by Crippen LogP contribution is -2.50. The second-order valence-corrected chi connectivity index (χ2v) is 7.95. The first-order valence-corrected chi connectivity index (χ1v) is 9.35. The smallest absolute Gasteiger partial charge is 0.225 e. The Morgan fingerprint density at radius 1 is 1.17 bits per heavy atom. The maximum atomic E-state index is 12.6. The van der Waals surface area contributed by atoms with Gasteiger partial charge in [-0.1, -0.05) is 13.8 Å². The Labute approximate surface area is 151 Å². The van der Waals surface area contributed by atoms with Crippen LogP contribution in [0, 0.1) is 17.8 Å². The third kappa shape index (κ3) is 4.42. The minimum atomic E-state index is -0.149. The maximum Gasteiger partial charge on any atom is 0.225 e. The molecule has 24 heavy (non-hydrogen) atoms. The maximum absolute atomic E-state index is 12.6. The van der Waals surface area contributed by atoms with Crippen molar-refractivity contribution in [2.45, 2.75) is 64.5 Å². The van der Waals surface area contributed by atoms with Gasteiger partial charge < -0.3 is 15.5 Å². The van der Waals surface area contributed by atoms with Crippen LogP contribution >= 0.6 is 12.4 Å². The van der Waals surface area contributed by atoms with Crippen molar-refractivity contribution in [3.8, 4) is 0 Å². The van der Waals surface area contributed by atoms with E-state index in [1.165, 1.54) is 12.8 Å². The van der Waals surface area contributed by atoms with Crippen LogP contribution in [0.25, 0.3) is 0 Å². The number of piperidine rings is 1. The zero-order valence-corrected chi connectivity index (χ0v) is 15.7. The summed E-state index contributed by atoms with van der Waals surface area (Å²) in [7, 11) is 0. The first-order valence-electron chi connectivity index (χ1n) is 9.35. The zero-order chi connectivity index (χ0) is 16.4. The van der Waals surface area contributed by atoms with E-state index < -0.39 is 0 Å². The molecule has 2 heterocycles. The van der Waals surface area contributed by atoms with E-state index >= 15 is 0 Å². The molecule has 3 atom stereocenters. The summed E-state index contributed by atoms with van der Waals surface area (Å²) in [6, 6.07) is 0.623. The molecule has 3 aliphatic rings. The first-order chi connectivity index (χ1) is 11.0. The summed E-state index contributed by atoms with van der Waals surface area (Å²) < 4.78 is 0. The summed E-state index contributed by atoms with van der Waals surface area (Å²) in [6.07, 6.45) is 6.00. The van der Waals surface area contributed by atoms with Gasteiger partial charge in [0.15, 0.2) is 0 Å². The van der Waals surface area contributed by atoms with Gasteiger partial charge in [0.25, 0.3) is 0 Å². The highest BCUT2D eigenvalue weighted by Gasteiger charge is 2.39. The fourth-order valence-corrected chi connectivity index (χ4v) is 4.34. The summed E-state index contributed by atoms with van der Waals surface area (Å²) in [5, 5.41) is 6.56. The molecule has 6 heteroatoms. The quantitative estimate of drug-likeness (QED) is 0.811. The predicted octanol–water partition coefficient (Wildman–Crippen LogP) is 1.95. The summed E-state index contributed by atoms with van der Waals surface area (Å²) >= 11 is 0. The molecule has 1 saturated carbocycles. The molecule has 5 nitrogen and oxygen atoms in total. The molecule has 3 rings (SSSR count). The van der Waals surface area contributed by atoms with Crippen molar-refractivity contribution >= 4 is 24.2 Å². The van der Waals surface area contributed by atoms with Crippen molar-refractivity contribution in [1.82, 2.24) is 15.5 Å². The Kier molecular flexibility index (Phi) is 6.93. The molecule has 3 fully saturated rings. The van der Waals surface area contributed by atoms with Crippen molar-refractivity contribution in [3.63, 3.8) is 0 Å². The number of hydrogen-bond donors (Lipinski definition) is 2. The molecular formula is C18H32ClN3O2. The van der Waals surface area contributed by atoms with Crippen molar-refractivity contribution in [1.29, 1.82) is 0 Å². The highest BCUT2D eigenvalue weighted by molar-refractivity contribution is 5.89. The molecule has 2 N–H and O–H groups in total. The molecule has 3 unspecified atom stereocenters. The number of amides is 2. The molecule has 0 bridgehead atoms. The lowest BCUT2D eigenvalue weighted by atomic mass is 9.86. The van der Waals surface area contributed by atoms with E-state index in [2.05, 4.69) is 24.5 Å². The van der Waals surface area contributed by atoms with Crippen LogP contribution in [0.15, 0.2) is 0 Å². The largest absolute Gasteiger partial charge is 0.353 e. The van der Waals surface area contributed by atoms with Gasteiger partial charge in [-0.25, -0.2) is 0 Å². The third-order valence-electron chi connectivity index (χ3n) is 6.07. The standard InChI is InChI=1S/C18H31N3O2.ClH/c1-12-3-5-15(6-4-12)21-11-14(9-17(21)22)18(23)20-16-7-8-19-10-13(16)2;/h12-16,19H,3-11H2,1-2H3,(H,20,23);1H. The number of rotatable bonds is 3. The molecule has 0 radical (unpaired) electrons. The Bertz CT molecular complexity index is 452. The number of carbonyl (C=O) groups is 2. The molecule has 2 amide bonds. The average Bonchev–Trinajstić information content (AvgIpc) is 2.92. The van der Waals surface area contributed by atoms with Crippen molar-refractivity contribution in [2.24, 2.45) is 17.8 Å². The van der Waals surface area contributed by atoms with Crippen LogP contribution in [0.2, 0.25) is 0 Å². The summed E-state index contributed by atoms with van der Waals surface area (Å²) in [5.41, 5.74) is 0. The highest BCUT2D eigenvalue weighted by Crippen LogP contribution is 2.31. The summed E-state index contributed by atoms with van der Waals surface area (Å²) in [5.74, 6) is 1.36. The fraction of sp³-hybridized carbons (Fsp3) is 0.889. The zero-order valence-electron chi connectivity index (χ0n) is 14.9. The van der Waals surface area contributed by atoms with E-state index in [9.17, 15) is 9.59 Å². The van der Waals surface area contributed by atoms with Gasteiger partial charge in [-0.3, -0.25) is 9.59 Å². The van der Waals surface area contributed by atoms with Crippen LogP contribution in [-0.4, -0.2) is 48.4 Å². The van der Waals surface area contributed by atoms with Crippen molar-refractivity contribution in [3.05, 3.63) is 0 Å². The molecule has 0 aromatic heterocycles. The number of nitrogens with zero attached hydrogens (tertiary/aromatic N) is 1. The number of carbonyl (C=O) groups excluding carboxylic acids is 2. The van der Waals surface area contributed by atoms with E-state index in [1.54, 1.807) is 0 Å². The van der Waals surface area contributed by atoms with Gasteiger partial charge in [-0.2, -0.15) is 0 Å². The average molecular weight is 358 g/mol. The minimum absolute atomic E-state index is 0. The Balaban J connectivity index is 0.00000208. The van der Waals surface area contributed by atoms with Gasteiger partial charge in [0.2, 0.25) is 11.8 Å². The lowest BCUT2D eigenvalue weighted by molar-refractivity contribution is -0.131. The third-order valence-corrected chi connectivity index (χ3v) is 6.07. The van der Waals surface area contributed by atoms with Crippen LogP contribution in [0.3, 0.4) is 0 Å². The van der Waals surface area contributed by atoms with Gasteiger partial charge >= 0.3 is 0 Å². The highest BCUT2D eigenvalue weighted by atomic mass is 35.5. The van der Waals surface area contributed by atoms with Crippen molar-refractivity contribution in [2.75, 3.05) is 19.6 Å². The van der Waals surface area contributed by atoms with Gasteiger partial charge in [0.05, 0.1) is 5.92 Å². The Hall–Kier alpha value is -0.810. The fourth-order valence-electron chi connectivity index (χ4n) is 4.34. The van der Waals surface area contributed by atoms with Gasteiger partial charge in [-0.15, -0.1) is 12.4 Å². The van der Waals surface area contributed by atoms with Crippen LogP contribution in [0.4, 0.5) is 0 Å². The minimum Gasteiger partial charge on any atom is -0.353 e. The second kappa shape index (κ2) is 8.52. The van der Waals surface area contributed by atoms with E-state index in [-0.39, 0.29) is 36.2 Å². The molecule has 2 aliphatic heterocycles. The van der Waals surface area contributed by atoms with E-state index in [0.29, 0.717) is 24.9 Å². The summed E-state index contributed by atoms with van der Waals surface area (Å²) in [4.78, 5) is 26.9. The molecule has 2 saturated heterocycles. The number of hydrogen-bond acceptors (Lipinski definition) is 3. The molecule has 0 aromatic rings. The molecule has 1 aliphatic carbocycles. The van der Waals surface area contributed by atoms with E-state index in [4.69, 9.17) is 0 Å². The van der Waals surface area contributed by atoms with E-state index in [1.807, 2.05) is 4.90 Å². The topological polar surface area (TPSA) is 61.4 Å². The lowest BCUT2D eigenvalue weighted by Gasteiger charge is -2.34. The van der Waals surface area contributed by atoms with Crippen LogP contribution in [-0.2, 0) is 9.59 Å². The van der Waals surface area contributed by atoms with Crippen LogP contribution < -0.4 is 10.6 Å². The van der Waals surface area contributed by atoms with Crippen LogP contribution in [0.1, 0.15) is 52.4 Å².